The van der Waals surface area contributed by atoms with Crippen LogP contribution >= 0.6 is 11.9 Å². The minimum Gasteiger partial charge on any atom is -0.401 e. The smallest absolute Gasteiger partial charge is 0.265 e. The molecule has 6 N–H and O–H groups in total. The number of anilines is 1. The van der Waals surface area contributed by atoms with Crippen LogP contribution in [0.3, 0.4) is 0 Å². The van der Waals surface area contributed by atoms with Crippen molar-refractivity contribution in [1.82, 2.24) is 5.32 Å². The van der Waals surface area contributed by atoms with Gasteiger partial charge in [-0.25, -0.2) is 0 Å². The van der Waals surface area contributed by atoms with Crippen molar-refractivity contribution < 1.29 is 4.79 Å². The van der Waals surface area contributed by atoms with Gasteiger partial charge in [-0.3, -0.25) is 9.93 Å². The summed E-state index contributed by atoms with van der Waals surface area (Å²) in [5, 5.41) is 21.1. The molecule has 7 heteroatoms. The number of nitrogens with zero attached hydrogens (tertiary/aromatic N) is 1. The van der Waals surface area contributed by atoms with Crippen molar-refractivity contribution in [3.63, 3.8) is 0 Å². The first-order valence-corrected chi connectivity index (χ1v) is 10.9. The predicted molar refractivity (Wildman–Crippen MR) is 134 cm³/mol. The predicted octanol–water partition coefficient (Wildman–Crippen LogP) is 4.98. The molecule has 0 spiro atoms. The van der Waals surface area contributed by atoms with Crippen LogP contribution in [0.5, 0.6) is 0 Å². The summed E-state index contributed by atoms with van der Waals surface area (Å²) in [7, 11) is 0. The number of hydrogen-bond donors (Lipinski definition) is 4. The molecule has 0 heterocycles. The molecule has 0 saturated heterocycles. The van der Waals surface area contributed by atoms with Crippen molar-refractivity contribution in [2.45, 2.75) is 34.6 Å². The Kier molecular flexibility index (Phi) is 14.0. The van der Waals surface area contributed by atoms with Crippen LogP contribution in [0.25, 0.3) is 6.08 Å². The second-order valence-corrected chi connectivity index (χ2v) is 6.68. The molecule has 0 saturated carbocycles. The van der Waals surface area contributed by atoms with Crippen molar-refractivity contribution in [1.29, 1.82) is 5.26 Å². The Morgan fingerprint density at radius 3 is 2.32 bits per heavy atom. The zero-order valence-electron chi connectivity index (χ0n) is 19.0. The fraction of sp³-hybridized carbons (Fsp3) is 0.250. The number of rotatable bonds is 9. The molecule has 166 valence electrons. The Balaban J connectivity index is 0.00000436. The second kappa shape index (κ2) is 15.6. The number of carbonyl (C=O) groups is 1. The molecule has 1 rings (SSSR count). The molecule has 0 aliphatic rings. The molecule has 0 aromatic heterocycles. The number of amides is 1. The highest BCUT2D eigenvalue weighted by atomic mass is 32.2. The zero-order valence-corrected chi connectivity index (χ0v) is 19.8. The third-order valence-electron chi connectivity index (χ3n) is 3.82. The molecule has 0 aliphatic carbocycles. The van der Waals surface area contributed by atoms with Gasteiger partial charge in [0, 0.05) is 29.2 Å². The molecule has 0 atom stereocenters. The maximum atomic E-state index is 12.2. The molecule has 1 aromatic rings. The Bertz CT molecular complexity index is 899. The summed E-state index contributed by atoms with van der Waals surface area (Å²) in [5.74, 6) is -0.362. The number of nitrogens with two attached hydrogens (primary N) is 2. The van der Waals surface area contributed by atoms with Crippen LogP contribution in [0.4, 0.5) is 5.69 Å². The molecular formula is C24H33N5OS. The van der Waals surface area contributed by atoms with E-state index < -0.39 is 0 Å². The third-order valence-corrected chi connectivity index (χ3v) is 4.56. The summed E-state index contributed by atoms with van der Waals surface area (Å²) in [6.07, 6.45) is 7.10. The van der Waals surface area contributed by atoms with Crippen LogP contribution in [0.2, 0.25) is 0 Å². The normalized spacial score (nSPS) is 12.6. The molecule has 0 fully saturated rings. The highest BCUT2D eigenvalue weighted by molar-refractivity contribution is 8.01. The zero-order chi connectivity index (χ0) is 23.8. The Morgan fingerprint density at radius 1 is 1.26 bits per heavy atom. The van der Waals surface area contributed by atoms with E-state index in [1.807, 2.05) is 45.9 Å². The van der Waals surface area contributed by atoms with Crippen LogP contribution in [-0.2, 0) is 4.79 Å². The van der Waals surface area contributed by atoms with Gasteiger partial charge in [-0.05, 0) is 56.5 Å². The van der Waals surface area contributed by atoms with Gasteiger partial charge in [0.2, 0.25) is 0 Å². The van der Waals surface area contributed by atoms with E-state index in [2.05, 4.69) is 23.3 Å². The fourth-order valence-corrected chi connectivity index (χ4v) is 2.80. The van der Waals surface area contributed by atoms with Crippen molar-refractivity contribution in [3.05, 3.63) is 82.1 Å². The average Bonchev–Trinajstić information content (AvgIpc) is 2.76. The van der Waals surface area contributed by atoms with Gasteiger partial charge in [0.1, 0.15) is 4.91 Å². The van der Waals surface area contributed by atoms with E-state index in [1.165, 1.54) is 0 Å². The first-order chi connectivity index (χ1) is 14.9. The Hall–Kier alpha value is -3.21. The minimum atomic E-state index is -0.362. The van der Waals surface area contributed by atoms with Crippen LogP contribution in [0, 0.1) is 11.3 Å². The van der Waals surface area contributed by atoms with Gasteiger partial charge < -0.3 is 16.4 Å². The van der Waals surface area contributed by atoms with E-state index in [9.17, 15) is 10.1 Å². The van der Waals surface area contributed by atoms with E-state index in [0.717, 1.165) is 35.3 Å². The summed E-state index contributed by atoms with van der Waals surface area (Å²) in [4.78, 5) is 12.5. The topological polar surface area (TPSA) is 117 Å². The molecular weight excluding hydrogens is 406 g/mol. The van der Waals surface area contributed by atoms with Crippen molar-refractivity contribution in [2.24, 2.45) is 10.9 Å². The summed E-state index contributed by atoms with van der Waals surface area (Å²) in [5.41, 5.74) is 9.66. The number of nitriles is 1. The van der Waals surface area contributed by atoms with Gasteiger partial charge in [-0.15, -0.1) is 0 Å². The van der Waals surface area contributed by atoms with Gasteiger partial charge in [0.05, 0.1) is 11.6 Å². The molecule has 0 radical (unpaired) electrons. The molecule has 1 aromatic carbocycles. The molecule has 0 bridgehead atoms. The minimum absolute atomic E-state index is 0.267. The van der Waals surface area contributed by atoms with Crippen LogP contribution in [-0.4, -0.2) is 12.5 Å². The van der Waals surface area contributed by atoms with Gasteiger partial charge in [-0.1, -0.05) is 50.8 Å². The highest BCUT2D eigenvalue weighted by Crippen LogP contribution is 2.21. The van der Waals surface area contributed by atoms with Crippen LogP contribution < -0.4 is 21.5 Å². The van der Waals surface area contributed by atoms with E-state index in [-0.39, 0.29) is 10.8 Å². The molecule has 31 heavy (non-hydrogen) atoms. The molecule has 1 amide bonds. The van der Waals surface area contributed by atoms with E-state index in [1.54, 1.807) is 37.3 Å². The lowest BCUT2D eigenvalue weighted by atomic mass is 10.0. The summed E-state index contributed by atoms with van der Waals surface area (Å²) in [6, 6.07) is 9.40. The highest BCUT2D eigenvalue weighted by Gasteiger charge is 2.11. The monoisotopic (exact) mass is 439 g/mol. The van der Waals surface area contributed by atoms with Crippen LogP contribution in [0.1, 0.15) is 40.2 Å². The largest absolute Gasteiger partial charge is 0.401 e. The third kappa shape index (κ3) is 9.43. The van der Waals surface area contributed by atoms with Gasteiger partial charge in [-0.2, -0.15) is 5.26 Å². The molecule has 0 aliphatic heterocycles. The number of allylic oxidation sites excluding steroid dienone is 7. The summed E-state index contributed by atoms with van der Waals surface area (Å²) < 4.78 is 0. The van der Waals surface area contributed by atoms with Gasteiger partial charge in [0.25, 0.3) is 5.91 Å². The van der Waals surface area contributed by atoms with E-state index >= 15 is 0 Å². The number of carbonyl (C=O) groups excluding carboxylic acids is 1. The number of hydrogen-bond acceptors (Lipinski definition) is 6. The fourth-order valence-electron chi connectivity index (χ4n) is 2.45. The van der Waals surface area contributed by atoms with E-state index in [0.29, 0.717) is 17.0 Å². The number of nitrogens with one attached hydrogen (secondary N) is 2. The molecule has 0 unspecified atom stereocenters. The quantitative estimate of drug-likeness (QED) is 0.187. The van der Waals surface area contributed by atoms with Crippen molar-refractivity contribution in [2.75, 3.05) is 11.9 Å². The Labute approximate surface area is 190 Å². The number of benzene rings is 1. The lowest BCUT2D eigenvalue weighted by molar-refractivity contribution is -0.112. The Morgan fingerprint density at radius 2 is 1.87 bits per heavy atom. The summed E-state index contributed by atoms with van der Waals surface area (Å²) >= 11 is 0.809. The first-order valence-electron chi connectivity index (χ1n) is 9.98. The van der Waals surface area contributed by atoms with Crippen molar-refractivity contribution in [3.8, 4) is 6.07 Å². The summed E-state index contributed by atoms with van der Waals surface area (Å²) in [6.45, 7) is 14.0. The maximum Gasteiger partial charge on any atom is 0.265 e. The lowest BCUT2D eigenvalue weighted by Gasteiger charge is -2.10. The maximum absolute atomic E-state index is 12.2. The van der Waals surface area contributed by atoms with Crippen LogP contribution in [0.15, 0.2) is 76.5 Å². The standard InChI is InChI=1S/C22H27N5OS.C2H6/c1-5-7-8-20(16(4)26-6-2)18(14-23)13-17-9-11-19(12-10-17)27-22(28)21(29-25)15(3)24;1-2/h5,7-13,26H,1,6,24-25H2,2-4H3,(H,27,28);1-2H3/b8-7-,18-13+,20-16-,21-15-;. The van der Waals surface area contributed by atoms with Gasteiger partial charge >= 0.3 is 0 Å². The first kappa shape index (κ1) is 27.8. The van der Waals surface area contributed by atoms with Crippen molar-refractivity contribution >= 4 is 29.6 Å². The van der Waals surface area contributed by atoms with Gasteiger partial charge in [0.15, 0.2) is 0 Å². The second-order valence-electron chi connectivity index (χ2n) is 6.04. The average molecular weight is 440 g/mol. The lowest BCUT2D eigenvalue weighted by Crippen LogP contribution is -2.17. The SMILES string of the molecule is C=C\C=C/C(C(/C#N)=C/c1ccc(NC(=O)/C(SN)=C(\C)N)cc1)=C(\C)NCC.CC. The molecule has 6 nitrogen and oxygen atoms in total. The van der Waals surface area contributed by atoms with E-state index in [4.69, 9.17) is 10.9 Å².